The predicted octanol–water partition coefficient (Wildman–Crippen LogP) is 1.75. The highest BCUT2D eigenvalue weighted by Gasteiger charge is 2.21. The van der Waals surface area contributed by atoms with Gasteiger partial charge in [0.2, 0.25) is 5.91 Å². The molecule has 1 N–H and O–H groups in total. The zero-order valence-corrected chi connectivity index (χ0v) is 14.7. The van der Waals surface area contributed by atoms with Gasteiger partial charge in [-0.1, -0.05) is 38.1 Å². The number of amides is 2. The molecule has 0 aromatic heterocycles. The van der Waals surface area contributed by atoms with Crippen molar-refractivity contribution in [2.45, 2.75) is 39.8 Å². The lowest BCUT2D eigenvalue weighted by atomic mass is 10.1. The third-order valence-electron chi connectivity index (χ3n) is 4.32. The molecule has 6 heteroatoms. The first kappa shape index (κ1) is 18.1. The van der Waals surface area contributed by atoms with Gasteiger partial charge in [-0.25, -0.2) is 5.01 Å². The minimum absolute atomic E-state index is 0.0591. The van der Waals surface area contributed by atoms with Gasteiger partial charge in [-0.2, -0.15) is 5.10 Å². The molecule has 130 valence electrons. The van der Waals surface area contributed by atoms with Gasteiger partial charge in [0, 0.05) is 33.0 Å². The van der Waals surface area contributed by atoms with E-state index in [2.05, 4.69) is 35.2 Å². The Bertz CT molecular complexity index is 623. The molecule has 1 aromatic rings. The minimum atomic E-state index is -0.202. The minimum Gasteiger partial charge on any atom is -0.347 e. The Balaban J connectivity index is 2.00. The Morgan fingerprint density at radius 1 is 1.21 bits per heavy atom. The molecule has 0 atom stereocenters. The first-order valence-corrected chi connectivity index (χ1v) is 8.46. The van der Waals surface area contributed by atoms with Crippen LogP contribution < -0.4 is 5.32 Å². The first-order valence-electron chi connectivity index (χ1n) is 8.46. The highest BCUT2D eigenvalue weighted by molar-refractivity contribution is 6.39. The van der Waals surface area contributed by atoms with Gasteiger partial charge in [-0.15, -0.1) is 0 Å². The second-order valence-electron chi connectivity index (χ2n) is 5.88. The number of benzene rings is 1. The number of hydrogen-bond donors (Lipinski definition) is 1. The summed E-state index contributed by atoms with van der Waals surface area (Å²) in [6.07, 6.45) is 0.734. The normalized spacial score (nSPS) is 14.8. The van der Waals surface area contributed by atoms with E-state index in [0.29, 0.717) is 25.1 Å². The molecule has 24 heavy (non-hydrogen) atoms. The fourth-order valence-electron chi connectivity index (χ4n) is 2.68. The number of nitrogens with one attached hydrogen (secondary N) is 1. The average Bonchev–Trinajstić information content (AvgIpc) is 2.60. The van der Waals surface area contributed by atoms with Crippen LogP contribution in [0.4, 0.5) is 0 Å². The van der Waals surface area contributed by atoms with Gasteiger partial charge in [0.15, 0.2) is 0 Å². The number of carbonyl (C=O) groups excluding carboxylic acids is 2. The summed E-state index contributed by atoms with van der Waals surface area (Å²) in [5, 5.41) is 8.22. The fourth-order valence-corrected chi connectivity index (χ4v) is 2.68. The summed E-state index contributed by atoms with van der Waals surface area (Å²) in [4.78, 5) is 26.0. The molecule has 0 saturated heterocycles. The zero-order chi connectivity index (χ0) is 17.5. The maximum absolute atomic E-state index is 12.3. The summed E-state index contributed by atoms with van der Waals surface area (Å²) < 4.78 is 0. The number of rotatable bonds is 7. The monoisotopic (exact) mass is 330 g/mol. The van der Waals surface area contributed by atoms with Crippen molar-refractivity contribution in [3.63, 3.8) is 0 Å². The standard InChI is InChI=1S/C18H26N4O2/c1-4-22(5-2)13-15-9-7-6-8-14(15)12-19-18(24)16-10-11-17(23)21(3)20-16/h6-9H,4-5,10-13H2,1-3H3,(H,19,24). The molecule has 0 saturated carbocycles. The molecule has 2 amide bonds. The van der Waals surface area contributed by atoms with Gasteiger partial charge in [0.1, 0.15) is 5.71 Å². The van der Waals surface area contributed by atoms with Crippen molar-refractivity contribution in [2.75, 3.05) is 20.1 Å². The molecule has 0 unspecified atom stereocenters. The Morgan fingerprint density at radius 2 is 1.88 bits per heavy atom. The summed E-state index contributed by atoms with van der Waals surface area (Å²) in [6.45, 7) is 7.62. The maximum Gasteiger partial charge on any atom is 0.267 e. The van der Waals surface area contributed by atoms with Gasteiger partial charge in [0.25, 0.3) is 5.91 Å². The molecule has 0 spiro atoms. The van der Waals surface area contributed by atoms with Gasteiger partial charge in [0.05, 0.1) is 0 Å². The summed E-state index contributed by atoms with van der Waals surface area (Å²) in [7, 11) is 1.58. The van der Waals surface area contributed by atoms with Crippen molar-refractivity contribution in [2.24, 2.45) is 5.10 Å². The van der Waals surface area contributed by atoms with Gasteiger partial charge in [-0.3, -0.25) is 14.5 Å². The van der Waals surface area contributed by atoms with Crippen LogP contribution >= 0.6 is 0 Å². The average molecular weight is 330 g/mol. The molecular formula is C18H26N4O2. The van der Waals surface area contributed by atoms with E-state index < -0.39 is 0 Å². The van der Waals surface area contributed by atoms with Crippen LogP contribution in [-0.4, -0.2) is 47.6 Å². The van der Waals surface area contributed by atoms with Crippen LogP contribution in [0.3, 0.4) is 0 Å². The van der Waals surface area contributed by atoms with Crippen LogP contribution in [0, 0.1) is 0 Å². The van der Waals surface area contributed by atoms with E-state index in [1.54, 1.807) is 7.05 Å². The van der Waals surface area contributed by atoms with Crippen LogP contribution in [0.25, 0.3) is 0 Å². The van der Waals surface area contributed by atoms with Crippen molar-refractivity contribution in [3.05, 3.63) is 35.4 Å². The number of carbonyl (C=O) groups is 2. The molecule has 1 aromatic carbocycles. The molecule has 6 nitrogen and oxygen atoms in total. The van der Waals surface area contributed by atoms with E-state index in [1.807, 2.05) is 18.2 Å². The zero-order valence-electron chi connectivity index (χ0n) is 14.7. The lowest BCUT2D eigenvalue weighted by molar-refractivity contribution is -0.130. The second kappa shape index (κ2) is 8.59. The second-order valence-corrected chi connectivity index (χ2v) is 5.88. The van der Waals surface area contributed by atoms with Crippen molar-refractivity contribution in [3.8, 4) is 0 Å². The molecule has 1 aliphatic heterocycles. The van der Waals surface area contributed by atoms with Crippen LogP contribution in [0.1, 0.15) is 37.8 Å². The van der Waals surface area contributed by atoms with Crippen molar-refractivity contribution >= 4 is 17.5 Å². The number of hydrogen-bond acceptors (Lipinski definition) is 4. The number of hydrazone groups is 1. The van der Waals surface area contributed by atoms with Crippen molar-refractivity contribution in [1.29, 1.82) is 0 Å². The van der Waals surface area contributed by atoms with E-state index in [9.17, 15) is 9.59 Å². The summed E-state index contributed by atoms with van der Waals surface area (Å²) in [5.41, 5.74) is 2.75. The Morgan fingerprint density at radius 3 is 2.50 bits per heavy atom. The Kier molecular flexibility index (Phi) is 6.49. The highest BCUT2D eigenvalue weighted by Crippen LogP contribution is 2.12. The summed E-state index contributed by atoms with van der Waals surface area (Å²) in [5.74, 6) is -0.261. The smallest absolute Gasteiger partial charge is 0.267 e. The predicted molar refractivity (Wildman–Crippen MR) is 94.4 cm³/mol. The lowest BCUT2D eigenvalue weighted by Crippen LogP contribution is -2.37. The van der Waals surface area contributed by atoms with Gasteiger partial charge in [-0.05, 0) is 24.2 Å². The van der Waals surface area contributed by atoms with Gasteiger partial charge >= 0.3 is 0 Å². The molecule has 0 radical (unpaired) electrons. The fraction of sp³-hybridized carbons (Fsp3) is 0.500. The third-order valence-corrected chi connectivity index (χ3v) is 4.32. The largest absolute Gasteiger partial charge is 0.347 e. The van der Waals surface area contributed by atoms with Crippen LogP contribution in [0.15, 0.2) is 29.4 Å². The van der Waals surface area contributed by atoms with Crippen LogP contribution in [-0.2, 0) is 22.7 Å². The molecule has 0 bridgehead atoms. The van der Waals surface area contributed by atoms with E-state index in [1.165, 1.54) is 10.6 Å². The van der Waals surface area contributed by atoms with Crippen molar-refractivity contribution < 1.29 is 9.59 Å². The quantitative estimate of drug-likeness (QED) is 0.828. The topological polar surface area (TPSA) is 65.0 Å². The van der Waals surface area contributed by atoms with E-state index in [4.69, 9.17) is 0 Å². The third kappa shape index (κ3) is 4.64. The van der Waals surface area contributed by atoms with E-state index in [0.717, 1.165) is 25.2 Å². The van der Waals surface area contributed by atoms with Crippen LogP contribution in [0.5, 0.6) is 0 Å². The van der Waals surface area contributed by atoms with Gasteiger partial charge < -0.3 is 5.32 Å². The SMILES string of the molecule is CCN(CC)Cc1ccccc1CNC(=O)C1=NN(C)C(=O)CC1. The molecule has 1 aliphatic rings. The van der Waals surface area contributed by atoms with E-state index >= 15 is 0 Å². The number of nitrogens with zero attached hydrogens (tertiary/aromatic N) is 3. The lowest BCUT2D eigenvalue weighted by Gasteiger charge is -2.21. The van der Waals surface area contributed by atoms with E-state index in [-0.39, 0.29) is 11.8 Å². The summed E-state index contributed by atoms with van der Waals surface area (Å²) >= 11 is 0. The van der Waals surface area contributed by atoms with Crippen molar-refractivity contribution in [1.82, 2.24) is 15.2 Å². The first-order chi connectivity index (χ1) is 11.5. The Hall–Kier alpha value is -2.21. The summed E-state index contributed by atoms with van der Waals surface area (Å²) in [6, 6.07) is 8.15. The molecule has 2 rings (SSSR count). The Labute approximate surface area is 143 Å². The molecule has 0 fully saturated rings. The van der Waals surface area contributed by atoms with Crippen LogP contribution in [0.2, 0.25) is 0 Å². The maximum atomic E-state index is 12.3. The highest BCUT2D eigenvalue weighted by atomic mass is 16.2. The molecule has 0 aliphatic carbocycles. The molecular weight excluding hydrogens is 304 g/mol. The molecule has 1 heterocycles.